The van der Waals surface area contributed by atoms with E-state index in [2.05, 4.69) is 44.4 Å². The van der Waals surface area contributed by atoms with Crippen LogP contribution < -0.4 is 10.2 Å². The number of carbonyl (C=O) groups is 2. The van der Waals surface area contributed by atoms with Crippen molar-refractivity contribution in [2.75, 3.05) is 23.9 Å². The maximum atomic E-state index is 13.2. The number of anilines is 2. The Hall–Kier alpha value is -3.30. The van der Waals surface area contributed by atoms with E-state index >= 15 is 0 Å². The average Bonchev–Trinajstić information content (AvgIpc) is 3.24. The molecule has 0 bridgehead atoms. The molecule has 0 spiro atoms. The summed E-state index contributed by atoms with van der Waals surface area (Å²) in [5, 5.41) is 3.40. The molecule has 3 heterocycles. The molecular weight excluding hydrogens is 504 g/mol. The van der Waals surface area contributed by atoms with Crippen LogP contribution in [0.5, 0.6) is 0 Å². The normalized spacial score (nSPS) is 12.6. The summed E-state index contributed by atoms with van der Waals surface area (Å²) in [6.07, 6.45) is 4.08. The smallest absolute Gasteiger partial charge is 0.357 e. The molecule has 0 fully saturated rings. The minimum absolute atomic E-state index is 0.214. The van der Waals surface area contributed by atoms with Gasteiger partial charge in [0.2, 0.25) is 0 Å². The number of ether oxygens (including phenoxy) is 1. The highest BCUT2D eigenvalue weighted by Crippen LogP contribution is 2.30. The number of hydrogen-bond donors (Lipinski definition) is 1. The van der Waals surface area contributed by atoms with E-state index in [-0.39, 0.29) is 11.6 Å². The number of rotatable bonds is 6. The second kappa shape index (κ2) is 9.68. The molecule has 1 amide bonds. The molecule has 1 aliphatic heterocycles. The van der Waals surface area contributed by atoms with Gasteiger partial charge >= 0.3 is 5.97 Å². The topological polar surface area (TPSA) is 84.4 Å². The van der Waals surface area contributed by atoms with Crippen molar-refractivity contribution in [2.24, 2.45) is 0 Å². The van der Waals surface area contributed by atoms with Crippen molar-refractivity contribution in [2.45, 2.75) is 13.0 Å². The first-order valence-electron chi connectivity index (χ1n) is 10.1. The first-order valence-corrected chi connectivity index (χ1v) is 11.7. The Morgan fingerprint density at radius 3 is 2.73 bits per heavy atom. The lowest BCUT2D eigenvalue weighted by Gasteiger charge is -2.31. The molecule has 0 radical (unpaired) electrons. The van der Waals surface area contributed by atoms with Gasteiger partial charge in [-0.15, -0.1) is 0 Å². The molecule has 0 saturated heterocycles. The van der Waals surface area contributed by atoms with Crippen LogP contribution in [0.4, 0.5) is 10.9 Å². The Morgan fingerprint density at radius 1 is 1.21 bits per heavy atom. The van der Waals surface area contributed by atoms with Crippen molar-refractivity contribution >= 4 is 62.2 Å². The van der Waals surface area contributed by atoms with Crippen LogP contribution in [-0.2, 0) is 17.7 Å². The summed E-state index contributed by atoms with van der Waals surface area (Å²) in [6, 6.07) is 9.35. The average molecular weight is 525 g/mol. The van der Waals surface area contributed by atoms with Crippen LogP contribution in [0.15, 0.2) is 48.0 Å². The summed E-state index contributed by atoms with van der Waals surface area (Å²) in [5.74, 6) is -0.0965. The van der Waals surface area contributed by atoms with Crippen molar-refractivity contribution < 1.29 is 14.3 Å². The van der Waals surface area contributed by atoms with Gasteiger partial charge in [-0.2, -0.15) is 0 Å². The Labute approximate surface area is 204 Å². The van der Waals surface area contributed by atoms with Gasteiger partial charge in [-0.1, -0.05) is 36.6 Å². The van der Waals surface area contributed by atoms with Crippen LogP contribution in [0.25, 0.3) is 12.2 Å². The van der Waals surface area contributed by atoms with Crippen LogP contribution >= 0.6 is 27.3 Å². The molecule has 9 heteroatoms. The van der Waals surface area contributed by atoms with E-state index in [4.69, 9.17) is 4.74 Å². The molecule has 33 heavy (non-hydrogen) atoms. The molecule has 168 valence electrons. The van der Waals surface area contributed by atoms with E-state index in [1.165, 1.54) is 18.4 Å². The Bertz CT molecular complexity index is 1250. The van der Waals surface area contributed by atoms with Crippen LogP contribution in [0.2, 0.25) is 0 Å². The van der Waals surface area contributed by atoms with Gasteiger partial charge in [0.25, 0.3) is 5.91 Å². The van der Waals surface area contributed by atoms with Gasteiger partial charge < -0.3 is 9.64 Å². The van der Waals surface area contributed by atoms with Crippen LogP contribution in [0, 0.1) is 0 Å². The number of methoxy groups -OCH3 is 1. The van der Waals surface area contributed by atoms with E-state index < -0.39 is 5.97 Å². The number of esters is 1. The summed E-state index contributed by atoms with van der Waals surface area (Å²) in [4.78, 5) is 37.0. The maximum absolute atomic E-state index is 13.2. The monoisotopic (exact) mass is 524 g/mol. The molecule has 1 aromatic carbocycles. The molecule has 1 N–H and O–H groups in total. The van der Waals surface area contributed by atoms with E-state index in [0.29, 0.717) is 39.8 Å². The summed E-state index contributed by atoms with van der Waals surface area (Å²) >= 11 is 4.70. The second-order valence-electron chi connectivity index (χ2n) is 7.24. The lowest BCUT2D eigenvalue weighted by Crippen LogP contribution is -2.33. The van der Waals surface area contributed by atoms with Gasteiger partial charge in [0.05, 0.1) is 22.2 Å². The minimum atomic E-state index is -0.512. The summed E-state index contributed by atoms with van der Waals surface area (Å²) in [5.41, 5.74) is 3.52. The Morgan fingerprint density at radius 2 is 2.03 bits per heavy atom. The number of fused-ring (bicyclic) bond motifs is 1. The second-order valence-corrected chi connectivity index (χ2v) is 9.12. The first kappa shape index (κ1) is 22.9. The lowest BCUT2D eigenvalue weighted by atomic mass is 9.94. The van der Waals surface area contributed by atoms with E-state index in [1.807, 2.05) is 29.2 Å². The van der Waals surface area contributed by atoms with Crippen LogP contribution in [0.3, 0.4) is 0 Å². The Kier molecular flexibility index (Phi) is 6.71. The van der Waals surface area contributed by atoms with Gasteiger partial charge in [-0.3, -0.25) is 10.1 Å². The van der Waals surface area contributed by atoms with Crippen LogP contribution in [-0.4, -0.2) is 35.5 Å². The highest BCUT2D eigenvalue weighted by Gasteiger charge is 2.24. The predicted octanol–water partition coefficient (Wildman–Crippen LogP) is 5.19. The molecular formula is C24H21BrN4O3S. The molecule has 0 atom stereocenters. The number of aromatic nitrogens is 2. The SMILES string of the molecule is C=Cc1nc(NC(=O)c2cccc3c2CN(c2ccc(Br)c(C(=O)OC)n2)CC3)sc1C=C. The number of carbonyl (C=O) groups excluding carboxylic acids is 2. The molecule has 0 saturated carbocycles. The zero-order valence-electron chi connectivity index (χ0n) is 17.9. The first-order chi connectivity index (χ1) is 15.9. The number of halogens is 1. The largest absolute Gasteiger partial charge is 0.464 e. The van der Waals surface area contributed by atoms with Gasteiger partial charge in [-0.05, 0) is 63.8 Å². The van der Waals surface area contributed by atoms with Gasteiger partial charge in [0.1, 0.15) is 5.82 Å². The molecule has 1 aliphatic rings. The number of thiazole rings is 1. The zero-order chi connectivity index (χ0) is 23.5. The molecule has 7 nitrogen and oxygen atoms in total. The molecule has 4 rings (SSSR count). The molecule has 3 aromatic rings. The van der Waals surface area contributed by atoms with Crippen molar-refractivity contribution in [1.82, 2.24) is 9.97 Å². The quantitative estimate of drug-likeness (QED) is 0.446. The van der Waals surface area contributed by atoms with Gasteiger partial charge in [0, 0.05) is 18.7 Å². The third-order valence-corrected chi connectivity index (χ3v) is 6.95. The third kappa shape index (κ3) is 4.60. The number of pyridine rings is 1. The van der Waals surface area contributed by atoms with Gasteiger partial charge in [0.15, 0.2) is 10.8 Å². The molecule has 0 unspecified atom stereocenters. The van der Waals surface area contributed by atoms with Gasteiger partial charge in [-0.25, -0.2) is 14.8 Å². The number of nitrogens with one attached hydrogen (secondary N) is 1. The number of benzene rings is 1. The lowest BCUT2D eigenvalue weighted by molar-refractivity contribution is 0.0593. The highest BCUT2D eigenvalue weighted by molar-refractivity contribution is 9.10. The molecule has 0 aliphatic carbocycles. The maximum Gasteiger partial charge on any atom is 0.357 e. The number of amides is 1. The van der Waals surface area contributed by atoms with E-state index in [1.54, 1.807) is 18.2 Å². The number of nitrogens with zero attached hydrogens (tertiary/aromatic N) is 3. The summed E-state index contributed by atoms with van der Waals surface area (Å²) in [6.45, 7) is 8.73. The summed E-state index contributed by atoms with van der Waals surface area (Å²) < 4.78 is 5.40. The fraction of sp³-hybridized carbons (Fsp3) is 0.167. The standard InChI is InChI=1S/C24H21BrN4O3S/c1-4-18-19(5-2)33-24(26-18)28-22(30)15-8-6-7-14-11-12-29(13-16(14)15)20-10-9-17(25)21(27-20)23(31)32-3/h4-10H,1-2,11-13H2,3H3,(H,26,28,30). The predicted molar refractivity (Wildman–Crippen MR) is 135 cm³/mol. The highest BCUT2D eigenvalue weighted by atomic mass is 79.9. The van der Waals surface area contributed by atoms with Crippen molar-refractivity contribution in [1.29, 1.82) is 0 Å². The van der Waals surface area contributed by atoms with Crippen molar-refractivity contribution in [3.63, 3.8) is 0 Å². The summed E-state index contributed by atoms with van der Waals surface area (Å²) in [7, 11) is 1.32. The number of hydrogen-bond acceptors (Lipinski definition) is 7. The minimum Gasteiger partial charge on any atom is -0.464 e. The molecule has 2 aromatic heterocycles. The third-order valence-electron chi connectivity index (χ3n) is 5.33. The van der Waals surface area contributed by atoms with Crippen molar-refractivity contribution in [3.05, 3.63) is 80.9 Å². The van der Waals surface area contributed by atoms with E-state index in [0.717, 1.165) is 22.4 Å². The fourth-order valence-corrected chi connectivity index (χ4v) is 4.89. The fourth-order valence-electron chi connectivity index (χ4n) is 3.69. The van der Waals surface area contributed by atoms with Crippen molar-refractivity contribution in [3.8, 4) is 0 Å². The van der Waals surface area contributed by atoms with E-state index in [9.17, 15) is 9.59 Å². The van der Waals surface area contributed by atoms with Crippen LogP contribution in [0.1, 0.15) is 42.5 Å². The zero-order valence-corrected chi connectivity index (χ0v) is 20.3. The Balaban J connectivity index is 1.62.